The summed E-state index contributed by atoms with van der Waals surface area (Å²) < 4.78 is 0. The van der Waals surface area contributed by atoms with Crippen molar-refractivity contribution < 1.29 is 4.79 Å². The summed E-state index contributed by atoms with van der Waals surface area (Å²) in [5.41, 5.74) is 2.61. The molecule has 1 heteroatoms. The molecule has 1 nitrogen and oxygen atoms in total. The first kappa shape index (κ1) is 16.4. The van der Waals surface area contributed by atoms with Gasteiger partial charge in [-0.15, -0.1) is 0 Å². The molecule has 1 saturated carbocycles. The molecule has 0 heterocycles. The third-order valence-electron chi connectivity index (χ3n) is 3.73. The molecular weight excluding hydrogens is 244 g/mol. The van der Waals surface area contributed by atoms with Gasteiger partial charge in [-0.05, 0) is 25.3 Å². The summed E-state index contributed by atoms with van der Waals surface area (Å²) in [6.07, 6.45) is 15.3. The zero-order chi connectivity index (χ0) is 15.0. The van der Waals surface area contributed by atoms with Gasteiger partial charge in [-0.2, -0.15) is 0 Å². The van der Waals surface area contributed by atoms with E-state index in [9.17, 15) is 4.79 Å². The van der Waals surface area contributed by atoms with Crippen LogP contribution < -0.4 is 0 Å². The molecule has 0 radical (unpaired) electrons. The fourth-order valence-corrected chi connectivity index (χ4v) is 2.43. The molecular formula is C19H26O. The molecule has 1 rings (SSSR count). The van der Waals surface area contributed by atoms with Crippen LogP contribution in [0.1, 0.15) is 46.0 Å². The Balaban J connectivity index is 2.60. The highest BCUT2D eigenvalue weighted by Crippen LogP contribution is 2.28. The van der Waals surface area contributed by atoms with Gasteiger partial charge in [0, 0.05) is 12.0 Å². The van der Waals surface area contributed by atoms with E-state index in [1.54, 1.807) is 0 Å². The third kappa shape index (κ3) is 5.56. The highest BCUT2D eigenvalue weighted by molar-refractivity contribution is 5.97. The normalized spacial score (nSPS) is 17.2. The van der Waals surface area contributed by atoms with E-state index in [2.05, 4.69) is 13.2 Å². The number of hydrogen-bond acceptors (Lipinski definition) is 1. The van der Waals surface area contributed by atoms with Gasteiger partial charge >= 0.3 is 0 Å². The highest BCUT2D eigenvalue weighted by atomic mass is 16.1. The van der Waals surface area contributed by atoms with Crippen molar-refractivity contribution in [3.8, 4) is 0 Å². The zero-order valence-corrected chi connectivity index (χ0v) is 12.8. The number of carbonyl (C=O) groups excluding carboxylic acids is 1. The van der Waals surface area contributed by atoms with E-state index < -0.39 is 0 Å². The molecule has 0 spiro atoms. The smallest absolute Gasteiger partial charge is 0.162 e. The second-order valence-corrected chi connectivity index (χ2v) is 5.56. The summed E-state index contributed by atoms with van der Waals surface area (Å²) in [6.45, 7) is 11.8. The minimum Gasteiger partial charge on any atom is -0.294 e. The quantitative estimate of drug-likeness (QED) is 0.451. The van der Waals surface area contributed by atoms with Crippen molar-refractivity contribution in [2.75, 3.05) is 0 Å². The van der Waals surface area contributed by atoms with Gasteiger partial charge in [-0.25, -0.2) is 0 Å². The molecule has 0 unspecified atom stereocenters. The van der Waals surface area contributed by atoms with Gasteiger partial charge < -0.3 is 0 Å². The molecule has 1 fully saturated rings. The Kier molecular flexibility index (Phi) is 7.00. The third-order valence-corrected chi connectivity index (χ3v) is 3.73. The van der Waals surface area contributed by atoms with Crippen molar-refractivity contribution in [3.05, 3.63) is 60.3 Å². The lowest BCUT2D eigenvalue weighted by Crippen LogP contribution is -2.06. The molecule has 0 amide bonds. The minimum atomic E-state index is 0.181. The lowest BCUT2D eigenvalue weighted by Gasteiger charge is -2.07. The van der Waals surface area contributed by atoms with Crippen LogP contribution in [0.5, 0.6) is 0 Å². The molecule has 1 aliphatic rings. The Hall–Kier alpha value is -1.63. The van der Waals surface area contributed by atoms with E-state index >= 15 is 0 Å². The molecule has 0 aromatic heterocycles. The van der Waals surface area contributed by atoms with Gasteiger partial charge in [-0.1, -0.05) is 74.8 Å². The van der Waals surface area contributed by atoms with Gasteiger partial charge in [0.05, 0.1) is 0 Å². The number of carbonyl (C=O) groups is 1. The molecule has 0 saturated heterocycles. The zero-order valence-electron chi connectivity index (χ0n) is 12.8. The minimum absolute atomic E-state index is 0.181. The Bertz CT molecular complexity index is 454. The molecule has 0 bridgehead atoms. The van der Waals surface area contributed by atoms with Crippen molar-refractivity contribution in [2.45, 2.75) is 46.0 Å². The van der Waals surface area contributed by atoms with Crippen LogP contribution in [-0.4, -0.2) is 5.78 Å². The van der Waals surface area contributed by atoms with Crippen molar-refractivity contribution in [1.82, 2.24) is 0 Å². The van der Waals surface area contributed by atoms with Gasteiger partial charge in [-0.3, -0.25) is 4.79 Å². The molecule has 20 heavy (non-hydrogen) atoms. The first-order chi connectivity index (χ1) is 9.54. The summed E-state index contributed by atoms with van der Waals surface area (Å²) in [5, 5.41) is 0. The largest absolute Gasteiger partial charge is 0.294 e. The summed E-state index contributed by atoms with van der Waals surface area (Å²) in [5.74, 6) is 0.757. The summed E-state index contributed by atoms with van der Waals surface area (Å²) in [7, 11) is 0. The van der Waals surface area contributed by atoms with Crippen LogP contribution in [0.4, 0.5) is 0 Å². The lowest BCUT2D eigenvalue weighted by atomic mass is 9.97. The van der Waals surface area contributed by atoms with Crippen LogP contribution in [0.15, 0.2) is 60.3 Å². The molecule has 0 aliphatic heterocycles. The Labute approximate surface area is 123 Å². The summed E-state index contributed by atoms with van der Waals surface area (Å²) >= 11 is 0. The van der Waals surface area contributed by atoms with E-state index in [4.69, 9.17) is 0 Å². The molecule has 1 aliphatic carbocycles. The number of ketones is 1. The van der Waals surface area contributed by atoms with Crippen molar-refractivity contribution in [3.63, 3.8) is 0 Å². The van der Waals surface area contributed by atoms with Gasteiger partial charge in [0.25, 0.3) is 0 Å². The Morgan fingerprint density at radius 2 is 1.85 bits per heavy atom. The van der Waals surface area contributed by atoms with E-state index in [0.717, 1.165) is 11.1 Å². The van der Waals surface area contributed by atoms with Crippen LogP contribution in [0, 0.1) is 5.92 Å². The number of rotatable bonds is 7. The maximum atomic E-state index is 12.1. The highest BCUT2D eigenvalue weighted by Gasteiger charge is 2.18. The number of Topliss-reactive ketones (excluding diaryl/α,β-unsaturated/α-hetero) is 1. The maximum Gasteiger partial charge on any atom is 0.162 e. The van der Waals surface area contributed by atoms with Crippen LogP contribution >= 0.6 is 0 Å². The lowest BCUT2D eigenvalue weighted by molar-refractivity contribution is -0.116. The van der Waals surface area contributed by atoms with Crippen molar-refractivity contribution in [1.29, 1.82) is 0 Å². The summed E-state index contributed by atoms with van der Waals surface area (Å²) in [6, 6.07) is 0. The molecule has 0 N–H and O–H groups in total. The summed E-state index contributed by atoms with van der Waals surface area (Å²) in [4.78, 5) is 12.1. The average Bonchev–Trinajstić information content (AvgIpc) is 2.90. The fourth-order valence-electron chi connectivity index (χ4n) is 2.43. The topological polar surface area (TPSA) is 17.1 Å². The number of hydrogen-bond donors (Lipinski definition) is 0. The second-order valence-electron chi connectivity index (χ2n) is 5.56. The van der Waals surface area contributed by atoms with Gasteiger partial charge in [0.1, 0.15) is 0 Å². The maximum absolute atomic E-state index is 12.1. The first-order valence-corrected chi connectivity index (χ1v) is 7.43. The predicted molar refractivity (Wildman–Crippen MR) is 87.6 cm³/mol. The van der Waals surface area contributed by atoms with E-state index in [1.807, 2.05) is 44.2 Å². The van der Waals surface area contributed by atoms with Gasteiger partial charge in [0.15, 0.2) is 5.78 Å². The number of allylic oxidation sites excluding steroid dienone is 8. The molecule has 0 aromatic carbocycles. The van der Waals surface area contributed by atoms with Crippen molar-refractivity contribution >= 4 is 5.78 Å². The Morgan fingerprint density at radius 1 is 1.20 bits per heavy atom. The second kappa shape index (κ2) is 8.52. The van der Waals surface area contributed by atoms with E-state index in [1.165, 1.54) is 25.7 Å². The first-order valence-electron chi connectivity index (χ1n) is 7.43. The van der Waals surface area contributed by atoms with Crippen molar-refractivity contribution in [2.24, 2.45) is 5.92 Å². The molecule has 108 valence electrons. The molecule has 0 atom stereocenters. The fraction of sp³-hybridized carbons (Fsp3) is 0.421. The molecule has 0 aromatic rings. The van der Waals surface area contributed by atoms with Gasteiger partial charge in [0.2, 0.25) is 0 Å². The van der Waals surface area contributed by atoms with Crippen LogP contribution in [0.2, 0.25) is 0 Å². The van der Waals surface area contributed by atoms with E-state index in [-0.39, 0.29) is 5.78 Å². The standard InChI is InChI=1S/C19H26O/c1-5-6-11-18(15(2)3)13-12-16(4)19(20)14-17-9-7-8-10-17/h5-6,11-13,17H,2,4,7-10,14H2,1,3H3/b6-5-,13-12-,18-11-. The predicted octanol–water partition coefficient (Wildman–Crippen LogP) is 5.33. The van der Waals surface area contributed by atoms with Crippen LogP contribution in [0.3, 0.4) is 0 Å². The monoisotopic (exact) mass is 270 g/mol. The Morgan fingerprint density at radius 3 is 2.40 bits per heavy atom. The van der Waals surface area contributed by atoms with E-state index in [0.29, 0.717) is 17.9 Å². The van der Waals surface area contributed by atoms with Crippen LogP contribution in [-0.2, 0) is 4.79 Å². The van der Waals surface area contributed by atoms with Crippen LogP contribution in [0.25, 0.3) is 0 Å². The average molecular weight is 270 g/mol. The SMILES string of the molecule is C=C(\C=C/C(=C/C=C\C)C(=C)C)C(=O)CC1CCCC1.